The molecule has 1 atom stereocenters. The number of halogens is 15. The molecule has 0 radical (unpaired) electrons. The lowest BCUT2D eigenvalue weighted by molar-refractivity contribution is -0.542. The first kappa shape index (κ1) is 36.0. The highest BCUT2D eigenvalue weighted by molar-refractivity contribution is 7.86. The van der Waals surface area contributed by atoms with E-state index in [4.69, 9.17) is 4.18 Å². The molecule has 0 aliphatic rings. The summed E-state index contributed by atoms with van der Waals surface area (Å²) in [4.78, 5) is -0.280. The summed E-state index contributed by atoms with van der Waals surface area (Å²) >= 11 is 0. The standard InChI is InChI=1S/C19H17F15O5S/c1-11(37-40(35,36)12-8-3-2-4-9-12)7-5-6-10-13(20,21)38-18(31,32)19(33,34)39-17(29,30)15(24,25)14(22,23)16(26,27)28/h2-4,8-9,11H,5-7,10H2,1H3. The SMILES string of the molecule is CC(CCCCC(F)(F)OC(F)(F)C(F)(F)OC(F)(F)C(F)(F)C(F)(F)C(F)(F)F)OS(=O)(=O)c1ccccc1. The van der Waals surface area contributed by atoms with Gasteiger partial charge in [0.2, 0.25) is 0 Å². The van der Waals surface area contributed by atoms with Gasteiger partial charge in [-0.05, 0) is 31.9 Å². The molecule has 0 N–H and O–H groups in total. The highest BCUT2D eigenvalue weighted by atomic mass is 32.2. The van der Waals surface area contributed by atoms with E-state index in [0.717, 1.165) is 19.1 Å². The van der Waals surface area contributed by atoms with Crippen LogP contribution >= 0.6 is 0 Å². The van der Waals surface area contributed by atoms with E-state index in [2.05, 4.69) is 4.74 Å². The lowest BCUT2D eigenvalue weighted by atomic mass is 10.1. The summed E-state index contributed by atoms with van der Waals surface area (Å²) < 4.78 is 228. The Morgan fingerprint density at radius 3 is 1.62 bits per heavy atom. The first-order chi connectivity index (χ1) is 17.6. The molecule has 1 aromatic rings. The van der Waals surface area contributed by atoms with Crippen molar-refractivity contribution in [2.45, 2.75) is 86.1 Å². The minimum Gasteiger partial charge on any atom is -0.263 e. The molecule has 0 saturated carbocycles. The molecule has 0 bridgehead atoms. The smallest absolute Gasteiger partial charge is 0.263 e. The molecule has 0 fully saturated rings. The van der Waals surface area contributed by atoms with E-state index in [9.17, 15) is 74.3 Å². The lowest BCUT2D eigenvalue weighted by Crippen LogP contribution is -2.64. The van der Waals surface area contributed by atoms with E-state index < -0.39 is 77.9 Å². The molecule has 0 saturated heterocycles. The summed E-state index contributed by atoms with van der Waals surface area (Å²) in [5.74, 6) is -15.7. The van der Waals surface area contributed by atoms with Crippen LogP contribution in [0.4, 0.5) is 65.9 Å². The molecule has 1 unspecified atom stereocenters. The summed E-state index contributed by atoms with van der Waals surface area (Å²) in [6.07, 6.45) is -39.7. The van der Waals surface area contributed by atoms with Crippen LogP contribution in [0, 0.1) is 0 Å². The average molecular weight is 642 g/mol. The molecule has 0 aliphatic heterocycles. The zero-order valence-corrected chi connectivity index (χ0v) is 20.2. The highest BCUT2D eigenvalue weighted by Crippen LogP contribution is 2.56. The Balaban J connectivity index is 2.81. The van der Waals surface area contributed by atoms with Crippen LogP contribution in [0.2, 0.25) is 0 Å². The molecule has 0 aliphatic carbocycles. The lowest BCUT2D eigenvalue weighted by Gasteiger charge is -2.36. The third kappa shape index (κ3) is 8.28. The van der Waals surface area contributed by atoms with Gasteiger partial charge in [-0.25, -0.2) is 9.47 Å². The predicted molar refractivity (Wildman–Crippen MR) is 101 cm³/mol. The van der Waals surface area contributed by atoms with Crippen molar-refractivity contribution in [3.63, 3.8) is 0 Å². The molecule has 0 spiro atoms. The summed E-state index contributed by atoms with van der Waals surface area (Å²) in [6.45, 7) is 1.15. The van der Waals surface area contributed by atoms with Gasteiger partial charge in [0.05, 0.1) is 11.0 Å². The molecule has 0 aromatic heterocycles. The Morgan fingerprint density at radius 1 is 0.675 bits per heavy atom. The number of hydrogen-bond donors (Lipinski definition) is 0. The molecule has 21 heteroatoms. The van der Waals surface area contributed by atoms with Crippen LogP contribution in [0.1, 0.15) is 32.6 Å². The number of hydrogen-bond acceptors (Lipinski definition) is 5. The Kier molecular flexibility index (Phi) is 10.5. The van der Waals surface area contributed by atoms with Gasteiger partial charge in [0, 0.05) is 6.42 Å². The van der Waals surface area contributed by atoms with E-state index in [1.807, 2.05) is 0 Å². The highest BCUT2D eigenvalue weighted by Gasteiger charge is 2.85. The third-order valence-corrected chi connectivity index (χ3v) is 6.07. The Labute approximate surface area is 215 Å². The summed E-state index contributed by atoms with van der Waals surface area (Å²) in [5, 5.41) is 0. The van der Waals surface area contributed by atoms with Crippen molar-refractivity contribution in [3.05, 3.63) is 30.3 Å². The zero-order valence-electron chi connectivity index (χ0n) is 19.4. The van der Waals surface area contributed by atoms with Gasteiger partial charge in [0.15, 0.2) is 0 Å². The fourth-order valence-electron chi connectivity index (χ4n) is 2.61. The Hall–Kier alpha value is -2.00. The number of ether oxygens (including phenoxy) is 2. The molecular formula is C19H17F15O5S. The monoisotopic (exact) mass is 642 g/mol. The van der Waals surface area contributed by atoms with E-state index in [-0.39, 0.29) is 11.3 Å². The molecule has 0 heterocycles. The Morgan fingerprint density at radius 2 is 1.15 bits per heavy atom. The van der Waals surface area contributed by atoms with Crippen LogP contribution in [-0.4, -0.2) is 57.0 Å². The zero-order chi connectivity index (χ0) is 31.6. The van der Waals surface area contributed by atoms with Gasteiger partial charge in [-0.15, -0.1) is 0 Å². The van der Waals surface area contributed by atoms with Crippen molar-refractivity contribution in [2.75, 3.05) is 0 Å². The first-order valence-electron chi connectivity index (χ1n) is 10.3. The average Bonchev–Trinajstić information content (AvgIpc) is 2.74. The number of benzene rings is 1. The number of unbranched alkanes of at least 4 members (excludes halogenated alkanes) is 1. The minimum absolute atomic E-state index is 0.280. The van der Waals surface area contributed by atoms with E-state index in [1.54, 1.807) is 4.74 Å². The quantitative estimate of drug-likeness (QED) is 0.112. The predicted octanol–water partition coefficient (Wildman–Crippen LogP) is 7.58. The second-order valence-electron chi connectivity index (χ2n) is 7.96. The van der Waals surface area contributed by atoms with E-state index in [0.29, 0.717) is 0 Å². The molecule has 234 valence electrons. The van der Waals surface area contributed by atoms with Crippen molar-refractivity contribution in [3.8, 4) is 0 Å². The van der Waals surface area contributed by atoms with Crippen LogP contribution in [-0.2, 0) is 23.8 Å². The maximum absolute atomic E-state index is 13.7. The normalized spacial score (nSPS) is 15.8. The van der Waals surface area contributed by atoms with E-state index in [1.165, 1.54) is 18.2 Å². The Bertz CT molecular complexity index is 1080. The minimum atomic E-state index is -7.92. The number of alkyl halides is 15. The van der Waals surface area contributed by atoms with Crippen LogP contribution in [0.5, 0.6) is 0 Å². The van der Waals surface area contributed by atoms with Crippen molar-refractivity contribution in [1.29, 1.82) is 0 Å². The van der Waals surface area contributed by atoms with Crippen LogP contribution in [0.15, 0.2) is 35.2 Å². The largest absolute Gasteiger partial charge is 0.460 e. The second kappa shape index (κ2) is 11.7. The van der Waals surface area contributed by atoms with Crippen molar-refractivity contribution >= 4 is 10.1 Å². The van der Waals surface area contributed by atoms with Gasteiger partial charge < -0.3 is 0 Å². The van der Waals surface area contributed by atoms with Crippen molar-refractivity contribution in [2.24, 2.45) is 0 Å². The topological polar surface area (TPSA) is 61.8 Å². The summed E-state index contributed by atoms with van der Waals surface area (Å²) in [7, 11) is -4.30. The van der Waals surface area contributed by atoms with Crippen molar-refractivity contribution < 1.29 is 87.9 Å². The van der Waals surface area contributed by atoms with Gasteiger partial charge in [-0.3, -0.25) is 4.18 Å². The van der Waals surface area contributed by atoms with Gasteiger partial charge >= 0.3 is 42.5 Å². The van der Waals surface area contributed by atoms with Crippen LogP contribution < -0.4 is 0 Å². The fourth-order valence-corrected chi connectivity index (χ4v) is 3.74. The second-order valence-corrected chi connectivity index (χ2v) is 9.53. The molecule has 1 aromatic carbocycles. The molecule has 5 nitrogen and oxygen atoms in total. The molecule has 40 heavy (non-hydrogen) atoms. The van der Waals surface area contributed by atoms with Crippen LogP contribution in [0.3, 0.4) is 0 Å². The summed E-state index contributed by atoms with van der Waals surface area (Å²) in [5.41, 5.74) is 0. The van der Waals surface area contributed by atoms with Gasteiger partial charge in [0.25, 0.3) is 10.1 Å². The van der Waals surface area contributed by atoms with E-state index >= 15 is 0 Å². The third-order valence-electron chi connectivity index (χ3n) is 4.64. The van der Waals surface area contributed by atoms with Crippen molar-refractivity contribution in [1.82, 2.24) is 0 Å². The molecule has 0 amide bonds. The van der Waals surface area contributed by atoms with Crippen LogP contribution in [0.25, 0.3) is 0 Å². The fraction of sp³-hybridized carbons (Fsp3) is 0.684. The molecular weight excluding hydrogens is 625 g/mol. The molecule has 1 rings (SSSR count). The van der Waals surface area contributed by atoms with Gasteiger partial charge in [-0.1, -0.05) is 24.6 Å². The van der Waals surface area contributed by atoms with Gasteiger partial charge in [-0.2, -0.15) is 74.3 Å². The summed E-state index contributed by atoms with van der Waals surface area (Å²) in [6, 6.07) is 6.47. The maximum atomic E-state index is 13.7. The maximum Gasteiger partial charge on any atom is 0.460 e. The number of rotatable bonds is 15. The first-order valence-corrected chi connectivity index (χ1v) is 11.7. The van der Waals surface area contributed by atoms with Gasteiger partial charge in [0.1, 0.15) is 0 Å².